The zero-order valence-electron chi connectivity index (χ0n) is 26.1. The van der Waals surface area contributed by atoms with E-state index in [4.69, 9.17) is 9.84 Å². The second-order valence-corrected chi connectivity index (χ2v) is 12.6. The molecule has 4 rings (SSSR count). The Kier molecular flexibility index (Phi) is 13.6. The molecule has 0 radical (unpaired) electrons. The quantitative estimate of drug-likeness (QED) is 0.131. The average molecular weight is 633 g/mol. The average Bonchev–Trinajstić information content (AvgIpc) is 3.04. The van der Waals surface area contributed by atoms with Gasteiger partial charge in [0.1, 0.15) is 29.9 Å². The Morgan fingerprint density at radius 3 is 2.38 bits per heavy atom. The van der Waals surface area contributed by atoms with E-state index >= 15 is 0 Å². The molecule has 11 nitrogen and oxygen atoms in total. The maximum Gasteiger partial charge on any atom is 0.225 e. The molecule has 2 aliphatic rings. The number of carbonyl (C=O) groups excluding carboxylic acids is 1. The number of ketones is 1. The molecule has 2 heterocycles. The summed E-state index contributed by atoms with van der Waals surface area (Å²) in [6, 6.07) is 4.91. The standard InChI is InChI=1S/C33H49FN4O7/c1-2-21-16-36-33(37-17-21)38-8-5-22(6-9-38)7-10-45-20-25-4-3-23(13-27(25)34)14-28(40)26-11-24(12-26)15-35-18-29(41)31(43)32(44)30(42)19-39/h3-4,13,16-17,22,24,26,29-32,35,39,41-44H,2,5-12,14-15,18-20H2,1H3. The first-order valence-corrected chi connectivity index (χ1v) is 16.2. The largest absolute Gasteiger partial charge is 0.394 e. The van der Waals surface area contributed by atoms with Crippen LogP contribution >= 0.6 is 0 Å². The number of nitrogens with zero attached hydrogens (tertiary/aromatic N) is 3. The van der Waals surface area contributed by atoms with Crippen LogP contribution in [-0.4, -0.2) is 105 Å². The fourth-order valence-corrected chi connectivity index (χ4v) is 6.00. The number of aliphatic hydroxyl groups is 5. The first kappa shape index (κ1) is 35.3. The Labute approximate surface area is 264 Å². The maximum absolute atomic E-state index is 14.8. The van der Waals surface area contributed by atoms with Crippen molar-refractivity contribution in [3.63, 3.8) is 0 Å². The Hall–Kier alpha value is -2.58. The number of aryl methyl sites for hydroxylation is 1. The number of piperidine rings is 1. The van der Waals surface area contributed by atoms with Crippen molar-refractivity contribution in [3.05, 3.63) is 53.1 Å². The topological polar surface area (TPSA) is 168 Å². The highest BCUT2D eigenvalue weighted by Crippen LogP contribution is 2.34. The molecule has 1 aromatic carbocycles. The lowest BCUT2D eigenvalue weighted by molar-refractivity contribution is -0.126. The third-order valence-electron chi connectivity index (χ3n) is 9.22. The van der Waals surface area contributed by atoms with Gasteiger partial charge < -0.3 is 40.5 Å². The van der Waals surface area contributed by atoms with E-state index in [1.807, 2.05) is 12.4 Å². The molecule has 1 saturated heterocycles. The van der Waals surface area contributed by atoms with Crippen LogP contribution in [0.5, 0.6) is 0 Å². The van der Waals surface area contributed by atoms with Crippen molar-refractivity contribution in [1.29, 1.82) is 0 Å². The van der Waals surface area contributed by atoms with Crippen molar-refractivity contribution in [3.8, 4) is 0 Å². The number of benzene rings is 1. The summed E-state index contributed by atoms with van der Waals surface area (Å²) in [6.07, 6.45) is 3.16. The summed E-state index contributed by atoms with van der Waals surface area (Å²) >= 11 is 0. The molecule has 6 N–H and O–H groups in total. The van der Waals surface area contributed by atoms with Crippen LogP contribution in [0.3, 0.4) is 0 Å². The molecule has 4 atom stereocenters. The van der Waals surface area contributed by atoms with E-state index in [9.17, 15) is 29.6 Å². The van der Waals surface area contributed by atoms with E-state index in [0.29, 0.717) is 43.0 Å². The van der Waals surface area contributed by atoms with E-state index in [1.165, 1.54) is 6.07 Å². The molecule has 1 saturated carbocycles. The van der Waals surface area contributed by atoms with Crippen molar-refractivity contribution >= 4 is 11.7 Å². The fourth-order valence-electron chi connectivity index (χ4n) is 6.00. The van der Waals surface area contributed by atoms with Gasteiger partial charge in [-0.3, -0.25) is 4.79 Å². The van der Waals surface area contributed by atoms with E-state index in [2.05, 4.69) is 27.1 Å². The number of aliphatic hydroxyl groups excluding tert-OH is 5. The molecule has 0 bridgehead atoms. The lowest BCUT2D eigenvalue weighted by atomic mass is 9.71. The number of hydrogen-bond donors (Lipinski definition) is 6. The summed E-state index contributed by atoms with van der Waals surface area (Å²) in [5, 5.41) is 50.8. The van der Waals surface area contributed by atoms with Crippen LogP contribution in [0, 0.1) is 23.6 Å². The highest BCUT2D eigenvalue weighted by Gasteiger charge is 2.35. The number of nitrogens with one attached hydrogen (secondary N) is 1. The zero-order chi connectivity index (χ0) is 32.3. The summed E-state index contributed by atoms with van der Waals surface area (Å²) in [5.41, 5.74) is 2.26. The van der Waals surface area contributed by atoms with Gasteiger partial charge in [0.25, 0.3) is 0 Å². The van der Waals surface area contributed by atoms with Gasteiger partial charge in [-0.15, -0.1) is 0 Å². The predicted molar refractivity (Wildman–Crippen MR) is 166 cm³/mol. The second-order valence-electron chi connectivity index (χ2n) is 12.6. The minimum atomic E-state index is -1.66. The third-order valence-corrected chi connectivity index (χ3v) is 9.22. The van der Waals surface area contributed by atoms with Crippen molar-refractivity contribution in [2.45, 2.75) is 82.9 Å². The summed E-state index contributed by atoms with van der Waals surface area (Å²) in [7, 11) is 0. The van der Waals surface area contributed by atoms with E-state index in [-0.39, 0.29) is 43.0 Å². The molecule has 1 aromatic heterocycles. The molecule has 250 valence electrons. The van der Waals surface area contributed by atoms with Crippen LogP contribution in [0.4, 0.5) is 10.3 Å². The highest BCUT2D eigenvalue weighted by atomic mass is 19.1. The Morgan fingerprint density at radius 2 is 1.73 bits per heavy atom. The fraction of sp³-hybridized carbons (Fsp3) is 0.667. The summed E-state index contributed by atoms with van der Waals surface area (Å²) in [6.45, 7) is 4.48. The van der Waals surface area contributed by atoms with Crippen LogP contribution in [0.1, 0.15) is 55.7 Å². The first-order chi connectivity index (χ1) is 21.7. The van der Waals surface area contributed by atoms with Crippen molar-refractivity contribution < 1.29 is 39.5 Å². The molecular formula is C33H49FN4O7. The van der Waals surface area contributed by atoms with Crippen LogP contribution in [0.25, 0.3) is 0 Å². The number of aromatic nitrogens is 2. The zero-order valence-corrected chi connectivity index (χ0v) is 26.1. The SMILES string of the molecule is CCc1cnc(N2CCC(CCOCc3ccc(CC(=O)C4CC(CNCC(O)C(O)C(O)C(O)CO)C4)cc3F)CC2)nc1. The third kappa shape index (κ3) is 10.2. The Balaban J connectivity index is 1.08. The number of carbonyl (C=O) groups is 1. The number of ether oxygens (including phenoxy) is 1. The van der Waals surface area contributed by atoms with E-state index in [0.717, 1.165) is 50.3 Å². The van der Waals surface area contributed by atoms with Crippen molar-refractivity contribution in [2.75, 3.05) is 44.3 Å². The van der Waals surface area contributed by atoms with Gasteiger partial charge in [0.2, 0.25) is 5.95 Å². The predicted octanol–water partition coefficient (Wildman–Crippen LogP) is 1.16. The van der Waals surface area contributed by atoms with Crippen LogP contribution in [0.15, 0.2) is 30.6 Å². The highest BCUT2D eigenvalue weighted by molar-refractivity contribution is 5.84. The van der Waals surface area contributed by atoms with Gasteiger partial charge in [0.05, 0.1) is 19.3 Å². The van der Waals surface area contributed by atoms with Gasteiger partial charge in [-0.05, 0) is 74.1 Å². The number of hydrogen-bond acceptors (Lipinski definition) is 11. The number of anilines is 1. The van der Waals surface area contributed by atoms with Crippen molar-refractivity contribution in [1.82, 2.24) is 15.3 Å². The van der Waals surface area contributed by atoms with Gasteiger partial charge in [0, 0.05) is 56.5 Å². The summed E-state index contributed by atoms with van der Waals surface area (Å²) < 4.78 is 20.6. The lowest BCUT2D eigenvalue weighted by Gasteiger charge is -2.35. The normalized spacial score (nSPS) is 21.6. The maximum atomic E-state index is 14.8. The smallest absolute Gasteiger partial charge is 0.225 e. The second kappa shape index (κ2) is 17.4. The van der Waals surface area contributed by atoms with E-state index in [1.54, 1.807) is 12.1 Å². The minimum absolute atomic E-state index is 0.00935. The van der Waals surface area contributed by atoms with Gasteiger partial charge in [-0.2, -0.15) is 0 Å². The number of halogens is 1. The molecule has 2 aromatic rings. The number of rotatable bonds is 18. The lowest BCUT2D eigenvalue weighted by Crippen LogP contribution is -2.49. The molecule has 1 aliphatic carbocycles. The van der Waals surface area contributed by atoms with Gasteiger partial charge in [-0.25, -0.2) is 14.4 Å². The minimum Gasteiger partial charge on any atom is -0.394 e. The molecule has 45 heavy (non-hydrogen) atoms. The summed E-state index contributed by atoms with van der Waals surface area (Å²) in [5.74, 6) is 1.19. The van der Waals surface area contributed by atoms with Gasteiger partial charge >= 0.3 is 0 Å². The molecule has 0 amide bonds. The Morgan fingerprint density at radius 1 is 1.04 bits per heavy atom. The van der Waals surface area contributed by atoms with Crippen LogP contribution in [-0.2, 0) is 29.0 Å². The van der Waals surface area contributed by atoms with Gasteiger partial charge in [-0.1, -0.05) is 19.1 Å². The monoisotopic (exact) mass is 632 g/mol. The molecular weight excluding hydrogens is 583 g/mol. The van der Waals surface area contributed by atoms with Crippen LogP contribution in [0.2, 0.25) is 0 Å². The Bertz CT molecular complexity index is 1190. The van der Waals surface area contributed by atoms with E-state index < -0.39 is 31.0 Å². The molecule has 2 fully saturated rings. The van der Waals surface area contributed by atoms with Gasteiger partial charge in [0.15, 0.2) is 0 Å². The molecule has 4 unspecified atom stereocenters. The number of Topliss-reactive ketones (excluding diaryl/α,β-unsaturated/α-hetero) is 1. The molecule has 12 heteroatoms. The molecule has 0 spiro atoms. The van der Waals surface area contributed by atoms with Crippen LogP contribution < -0.4 is 10.2 Å². The molecule has 1 aliphatic heterocycles. The first-order valence-electron chi connectivity index (χ1n) is 16.2. The summed E-state index contributed by atoms with van der Waals surface area (Å²) in [4.78, 5) is 23.9. The van der Waals surface area contributed by atoms with Crippen molar-refractivity contribution in [2.24, 2.45) is 17.8 Å².